The van der Waals surface area contributed by atoms with Crippen LogP contribution in [0.4, 0.5) is 15.3 Å². The highest BCUT2D eigenvalue weighted by Crippen LogP contribution is 2.31. The third-order valence-electron chi connectivity index (χ3n) is 8.58. The first-order valence-electron chi connectivity index (χ1n) is 17.2. The first-order chi connectivity index (χ1) is 24.6. The second-order valence-electron chi connectivity index (χ2n) is 13.5. The zero-order chi connectivity index (χ0) is 36.2. The van der Waals surface area contributed by atoms with E-state index in [2.05, 4.69) is 22.8 Å². The van der Waals surface area contributed by atoms with Gasteiger partial charge in [0.05, 0.1) is 32.4 Å². The zero-order valence-electron chi connectivity index (χ0n) is 29.6. The van der Waals surface area contributed by atoms with Crippen molar-refractivity contribution < 1.29 is 28.6 Å². The van der Waals surface area contributed by atoms with E-state index in [-0.39, 0.29) is 24.1 Å². The van der Waals surface area contributed by atoms with E-state index in [9.17, 15) is 14.4 Å². The van der Waals surface area contributed by atoms with Crippen LogP contribution in [0.25, 0.3) is 0 Å². The lowest BCUT2D eigenvalue weighted by Gasteiger charge is -2.40. The van der Waals surface area contributed by atoms with Crippen molar-refractivity contribution in [1.29, 1.82) is 0 Å². The molecule has 1 heterocycles. The topological polar surface area (TPSA) is 106 Å². The van der Waals surface area contributed by atoms with Crippen LogP contribution in [0, 0.1) is 0 Å². The molecule has 4 aromatic rings. The highest BCUT2D eigenvalue weighted by Gasteiger charge is 2.36. The molecule has 1 aliphatic heterocycles. The van der Waals surface area contributed by atoms with Crippen molar-refractivity contribution in [2.45, 2.75) is 68.2 Å². The molecule has 51 heavy (non-hydrogen) atoms. The number of thioether (sulfide) groups is 1. The molecule has 1 aliphatic rings. The van der Waals surface area contributed by atoms with Crippen molar-refractivity contribution in [3.8, 4) is 0 Å². The third kappa shape index (κ3) is 10.8. The van der Waals surface area contributed by atoms with Crippen LogP contribution in [0.5, 0.6) is 0 Å². The van der Waals surface area contributed by atoms with E-state index in [4.69, 9.17) is 14.2 Å². The molecule has 268 valence electrons. The Morgan fingerprint density at radius 1 is 0.863 bits per heavy atom. The van der Waals surface area contributed by atoms with Gasteiger partial charge in [0.15, 0.2) is 0 Å². The third-order valence-corrected chi connectivity index (χ3v) is 9.74. The Morgan fingerprint density at radius 2 is 1.45 bits per heavy atom. The molecule has 1 saturated heterocycles. The Morgan fingerprint density at radius 3 is 2.06 bits per heavy atom. The Kier molecular flexibility index (Phi) is 13.2. The Bertz CT molecular complexity index is 1680. The number of hydrogen-bond acceptors (Lipinski definition) is 7. The van der Waals surface area contributed by atoms with Gasteiger partial charge in [0, 0.05) is 22.3 Å². The summed E-state index contributed by atoms with van der Waals surface area (Å²) in [5.41, 5.74) is 2.67. The average molecular weight is 710 g/mol. The van der Waals surface area contributed by atoms with Crippen LogP contribution in [0.2, 0.25) is 0 Å². The molecule has 1 fully saturated rings. The highest BCUT2D eigenvalue weighted by molar-refractivity contribution is 7.99. The number of alkyl carbamates (subject to hydrolysis) is 1. The normalized spacial score (nSPS) is 16.6. The molecular formula is C41H47N3O6S. The number of hydrogen-bond donors (Lipinski definition) is 2. The molecule has 0 aromatic heterocycles. The van der Waals surface area contributed by atoms with Crippen molar-refractivity contribution >= 4 is 35.5 Å². The van der Waals surface area contributed by atoms with E-state index in [1.165, 1.54) is 7.11 Å². The predicted molar refractivity (Wildman–Crippen MR) is 201 cm³/mol. The summed E-state index contributed by atoms with van der Waals surface area (Å²) in [7, 11) is 1.28. The van der Waals surface area contributed by atoms with Crippen LogP contribution in [0.15, 0.2) is 120 Å². The zero-order valence-corrected chi connectivity index (χ0v) is 30.4. The number of ether oxygens (including phenoxy) is 3. The fraction of sp³-hybridized carbons (Fsp3) is 0.341. The van der Waals surface area contributed by atoms with Crippen molar-refractivity contribution in [2.24, 2.45) is 0 Å². The molecule has 9 nitrogen and oxygen atoms in total. The number of para-hydroxylation sites is 1. The minimum absolute atomic E-state index is 0.144. The number of morpholine rings is 1. The first-order valence-corrected chi connectivity index (χ1v) is 18.2. The van der Waals surface area contributed by atoms with E-state index in [1.54, 1.807) is 16.7 Å². The molecule has 0 saturated carbocycles. The summed E-state index contributed by atoms with van der Waals surface area (Å²) in [6.07, 6.45) is -0.0793. The van der Waals surface area contributed by atoms with E-state index in [1.807, 2.05) is 124 Å². The van der Waals surface area contributed by atoms with Crippen LogP contribution < -0.4 is 10.6 Å². The van der Waals surface area contributed by atoms with E-state index in [0.29, 0.717) is 37.4 Å². The largest absolute Gasteiger partial charge is 0.453 e. The molecule has 4 aromatic carbocycles. The number of nitrogens with one attached hydrogen (secondary N) is 2. The van der Waals surface area contributed by atoms with Gasteiger partial charge in [-0.05, 0) is 68.5 Å². The van der Waals surface area contributed by atoms with Gasteiger partial charge in [-0.3, -0.25) is 9.69 Å². The van der Waals surface area contributed by atoms with Gasteiger partial charge in [0.2, 0.25) is 5.91 Å². The van der Waals surface area contributed by atoms with Gasteiger partial charge in [-0.15, -0.1) is 11.8 Å². The number of carbonyl (C=O) groups is 3. The maximum absolute atomic E-state index is 14.2. The number of carbonyl (C=O) groups excluding carboxylic acids is 3. The molecule has 5 rings (SSSR count). The fourth-order valence-electron chi connectivity index (χ4n) is 6.10. The van der Waals surface area contributed by atoms with E-state index >= 15 is 0 Å². The van der Waals surface area contributed by atoms with Crippen molar-refractivity contribution in [2.75, 3.05) is 31.3 Å². The molecule has 3 amide bonds. The lowest BCUT2D eigenvalue weighted by Crippen LogP contribution is -2.54. The van der Waals surface area contributed by atoms with Crippen molar-refractivity contribution in [3.05, 3.63) is 132 Å². The maximum atomic E-state index is 14.2. The van der Waals surface area contributed by atoms with Gasteiger partial charge >= 0.3 is 12.2 Å². The molecule has 0 bridgehead atoms. The number of benzene rings is 4. The SMILES string of the molecule is COC(=O)N[C@H](C(=O)Nc1ccccc1CC[C@@H]1CN(C(=O)OC(C)(C)C)[C@H](CSc2ccccc2)CO1)C(c1ccccc1)c1ccccc1. The van der Waals surface area contributed by atoms with Gasteiger partial charge in [-0.1, -0.05) is 97.1 Å². The number of anilines is 1. The summed E-state index contributed by atoms with van der Waals surface area (Å²) in [4.78, 5) is 43.1. The fourth-order valence-corrected chi connectivity index (χ4v) is 7.11. The molecular weight excluding hydrogens is 663 g/mol. The summed E-state index contributed by atoms with van der Waals surface area (Å²) in [5.74, 6) is -0.186. The average Bonchev–Trinajstić information content (AvgIpc) is 3.14. The minimum atomic E-state index is -0.981. The van der Waals surface area contributed by atoms with Gasteiger partial charge in [0.25, 0.3) is 0 Å². The molecule has 2 N–H and O–H groups in total. The van der Waals surface area contributed by atoms with E-state index < -0.39 is 23.7 Å². The lowest BCUT2D eigenvalue weighted by molar-refractivity contribution is -0.118. The van der Waals surface area contributed by atoms with Gasteiger partial charge in [0.1, 0.15) is 11.6 Å². The quantitative estimate of drug-likeness (QED) is 0.144. The minimum Gasteiger partial charge on any atom is -0.453 e. The predicted octanol–water partition coefficient (Wildman–Crippen LogP) is 7.91. The Hall–Kier alpha value is -4.80. The second kappa shape index (κ2) is 17.9. The Labute approximate surface area is 305 Å². The van der Waals surface area contributed by atoms with Crippen molar-refractivity contribution in [1.82, 2.24) is 10.2 Å². The summed E-state index contributed by atoms with van der Waals surface area (Å²) in [5, 5.41) is 5.90. The highest BCUT2D eigenvalue weighted by atomic mass is 32.2. The number of aryl methyl sites for hydroxylation is 1. The second-order valence-corrected chi connectivity index (χ2v) is 14.6. The van der Waals surface area contributed by atoms with Crippen LogP contribution in [0.1, 0.15) is 49.8 Å². The van der Waals surface area contributed by atoms with Crippen LogP contribution in [0.3, 0.4) is 0 Å². The molecule has 3 atom stereocenters. The number of rotatable bonds is 12. The summed E-state index contributed by atoms with van der Waals surface area (Å²) >= 11 is 1.69. The van der Waals surface area contributed by atoms with Crippen LogP contribution in [-0.2, 0) is 25.4 Å². The molecule has 0 spiro atoms. The lowest BCUT2D eigenvalue weighted by atomic mass is 9.84. The standard InChI is InChI=1S/C41H47N3O6S/c1-41(2,3)50-40(47)44-26-33(49-27-32(44)28-51-34-21-12-7-13-22-34)25-24-29-16-14-15-23-35(29)42-38(45)37(43-39(46)48-4)36(30-17-8-5-9-18-30)31-19-10-6-11-20-31/h5-23,32-33,36-37H,24-28H2,1-4H3,(H,42,45)(H,43,46)/t32-,33+,37-/m0/s1. The van der Waals surface area contributed by atoms with E-state index in [0.717, 1.165) is 21.6 Å². The number of nitrogens with zero attached hydrogens (tertiary/aromatic N) is 1. The smallest absolute Gasteiger partial charge is 0.410 e. The van der Waals surface area contributed by atoms with Crippen LogP contribution in [-0.4, -0.2) is 72.8 Å². The summed E-state index contributed by atoms with van der Waals surface area (Å²) in [6.45, 7) is 6.40. The van der Waals surface area contributed by atoms with Gasteiger partial charge < -0.3 is 24.8 Å². The molecule has 0 aliphatic carbocycles. The summed E-state index contributed by atoms with van der Waals surface area (Å²) in [6, 6.07) is 35.9. The van der Waals surface area contributed by atoms with Gasteiger partial charge in [-0.25, -0.2) is 9.59 Å². The first kappa shape index (κ1) is 37.5. The summed E-state index contributed by atoms with van der Waals surface area (Å²) < 4.78 is 17.1. The maximum Gasteiger partial charge on any atom is 0.410 e. The Balaban J connectivity index is 1.31. The van der Waals surface area contributed by atoms with Crippen LogP contribution >= 0.6 is 11.8 Å². The monoisotopic (exact) mass is 709 g/mol. The molecule has 0 unspecified atom stereocenters. The molecule has 10 heteroatoms. The number of amides is 3. The van der Waals surface area contributed by atoms with Gasteiger partial charge in [-0.2, -0.15) is 0 Å². The van der Waals surface area contributed by atoms with Crippen molar-refractivity contribution in [3.63, 3.8) is 0 Å². The molecule has 0 radical (unpaired) electrons. The number of methoxy groups -OCH3 is 1.